The summed E-state index contributed by atoms with van der Waals surface area (Å²) in [5.74, 6) is 2.66. The van der Waals surface area contributed by atoms with E-state index in [0.717, 1.165) is 17.4 Å². The van der Waals surface area contributed by atoms with Crippen LogP contribution in [0.25, 0.3) is 0 Å². The largest absolute Gasteiger partial charge is 0.450 e. The molecule has 3 fully saturated rings. The van der Waals surface area contributed by atoms with Gasteiger partial charge in [-0.15, -0.1) is 0 Å². The number of amides is 2. The molecule has 1 N–H and O–H groups in total. The van der Waals surface area contributed by atoms with E-state index in [9.17, 15) is 9.59 Å². The first kappa shape index (κ1) is 21.5. The molecule has 0 spiro atoms. The van der Waals surface area contributed by atoms with E-state index in [2.05, 4.69) is 47.8 Å². The van der Waals surface area contributed by atoms with Crippen molar-refractivity contribution in [2.75, 3.05) is 38.1 Å². The Balaban J connectivity index is 1.24. The van der Waals surface area contributed by atoms with Crippen LogP contribution in [0.4, 0.5) is 10.5 Å². The van der Waals surface area contributed by atoms with Crippen LogP contribution in [0.5, 0.6) is 0 Å². The summed E-state index contributed by atoms with van der Waals surface area (Å²) in [5, 5.41) is 3.86. The van der Waals surface area contributed by atoms with Crippen molar-refractivity contribution in [2.24, 2.45) is 17.8 Å². The highest BCUT2D eigenvalue weighted by molar-refractivity contribution is 5.95. The molecule has 2 heterocycles. The van der Waals surface area contributed by atoms with Crippen molar-refractivity contribution in [1.29, 1.82) is 0 Å². The number of anilines is 1. The normalized spacial score (nSPS) is 29.3. The van der Waals surface area contributed by atoms with Gasteiger partial charge >= 0.3 is 6.09 Å². The van der Waals surface area contributed by atoms with Crippen LogP contribution in [-0.2, 0) is 4.74 Å². The van der Waals surface area contributed by atoms with Crippen LogP contribution in [0.3, 0.4) is 0 Å². The second kappa shape index (κ2) is 8.64. The molecule has 5 atom stereocenters. The molecule has 1 saturated heterocycles. The minimum atomic E-state index is -0.287. The van der Waals surface area contributed by atoms with E-state index in [-0.39, 0.29) is 12.0 Å². The summed E-state index contributed by atoms with van der Waals surface area (Å²) in [6.45, 7) is 4.30. The maximum atomic E-state index is 13.4. The third-order valence-corrected chi connectivity index (χ3v) is 8.59. The molecule has 2 aliphatic heterocycles. The molecular formula is C28H33N3O3. The number of piperazine rings is 1. The molecule has 2 amide bonds. The van der Waals surface area contributed by atoms with E-state index in [0.29, 0.717) is 50.7 Å². The maximum Gasteiger partial charge on any atom is 0.409 e. The Hall–Kier alpha value is -3.02. The molecule has 6 rings (SSSR count). The number of carbonyl (C=O) groups is 2. The number of nitrogens with one attached hydrogen (secondary N) is 1. The van der Waals surface area contributed by atoms with Crippen molar-refractivity contribution in [3.05, 3.63) is 65.2 Å². The third-order valence-electron chi connectivity index (χ3n) is 8.59. The molecule has 0 unspecified atom stereocenters. The number of hydrogen-bond acceptors (Lipinski definition) is 4. The van der Waals surface area contributed by atoms with Gasteiger partial charge in [0.05, 0.1) is 12.6 Å². The zero-order valence-corrected chi connectivity index (χ0v) is 19.8. The van der Waals surface area contributed by atoms with Crippen molar-refractivity contribution < 1.29 is 14.3 Å². The zero-order chi connectivity index (χ0) is 23.2. The van der Waals surface area contributed by atoms with Crippen LogP contribution in [-0.4, -0.2) is 54.6 Å². The van der Waals surface area contributed by atoms with Crippen LogP contribution in [0, 0.1) is 17.8 Å². The lowest BCUT2D eigenvalue weighted by atomic mass is 9.68. The first-order valence-corrected chi connectivity index (χ1v) is 12.8. The van der Waals surface area contributed by atoms with Gasteiger partial charge in [-0.05, 0) is 79.2 Å². The van der Waals surface area contributed by atoms with Crippen molar-refractivity contribution in [1.82, 2.24) is 9.80 Å². The number of benzene rings is 2. The fourth-order valence-electron chi connectivity index (χ4n) is 7.10. The topological polar surface area (TPSA) is 61.9 Å². The van der Waals surface area contributed by atoms with Gasteiger partial charge in [0.2, 0.25) is 0 Å². The van der Waals surface area contributed by atoms with Crippen LogP contribution in [0.1, 0.15) is 59.6 Å². The molecule has 6 nitrogen and oxygen atoms in total. The van der Waals surface area contributed by atoms with Gasteiger partial charge in [0.25, 0.3) is 5.91 Å². The van der Waals surface area contributed by atoms with Gasteiger partial charge in [0.1, 0.15) is 0 Å². The highest BCUT2D eigenvalue weighted by Crippen LogP contribution is 2.63. The van der Waals surface area contributed by atoms with E-state index < -0.39 is 0 Å². The SMILES string of the molecule is CCOC(=O)N1CCN(C(=O)c2ccc3c(c2)[C@@H]2[C@H]4CC[C@@H](C4)[C@@H]2[C@H](c2ccccc2)N3)CC1. The average Bonchev–Trinajstić information content (AvgIpc) is 3.51. The first-order valence-electron chi connectivity index (χ1n) is 12.8. The Morgan fingerprint density at radius 2 is 1.71 bits per heavy atom. The molecule has 2 aromatic rings. The molecule has 2 bridgehead atoms. The molecule has 0 radical (unpaired) electrons. The van der Waals surface area contributed by atoms with Crippen molar-refractivity contribution in [3.63, 3.8) is 0 Å². The lowest BCUT2D eigenvalue weighted by Gasteiger charge is -2.43. The van der Waals surface area contributed by atoms with Gasteiger partial charge in [-0.25, -0.2) is 4.79 Å². The van der Waals surface area contributed by atoms with Crippen molar-refractivity contribution >= 4 is 17.7 Å². The summed E-state index contributed by atoms with van der Waals surface area (Å²) in [6.07, 6.45) is 3.66. The first-order chi connectivity index (χ1) is 16.6. The number of nitrogens with zero attached hydrogens (tertiary/aromatic N) is 2. The predicted molar refractivity (Wildman–Crippen MR) is 131 cm³/mol. The molecule has 4 aliphatic rings. The molecule has 6 heteroatoms. The van der Waals surface area contributed by atoms with E-state index in [1.807, 2.05) is 17.9 Å². The Bertz CT molecular complexity index is 1080. The fourth-order valence-corrected chi connectivity index (χ4v) is 7.10. The summed E-state index contributed by atoms with van der Waals surface area (Å²) in [5.41, 5.74) is 4.66. The zero-order valence-electron chi connectivity index (χ0n) is 19.8. The van der Waals surface area contributed by atoms with Gasteiger partial charge < -0.3 is 19.9 Å². The van der Waals surface area contributed by atoms with E-state index >= 15 is 0 Å². The Morgan fingerprint density at radius 1 is 0.971 bits per heavy atom. The van der Waals surface area contributed by atoms with E-state index in [4.69, 9.17) is 4.74 Å². The van der Waals surface area contributed by atoms with Gasteiger partial charge in [-0.2, -0.15) is 0 Å². The van der Waals surface area contributed by atoms with Gasteiger partial charge in [-0.1, -0.05) is 30.3 Å². The second-order valence-electron chi connectivity index (χ2n) is 10.2. The summed E-state index contributed by atoms with van der Waals surface area (Å²) in [6, 6.07) is 17.5. The number of fused-ring (bicyclic) bond motifs is 7. The quantitative estimate of drug-likeness (QED) is 0.709. The maximum absolute atomic E-state index is 13.4. The lowest BCUT2D eigenvalue weighted by molar-refractivity contribution is 0.0570. The number of rotatable bonds is 3. The Morgan fingerprint density at radius 3 is 2.47 bits per heavy atom. The van der Waals surface area contributed by atoms with Crippen molar-refractivity contribution in [2.45, 2.75) is 38.1 Å². The lowest BCUT2D eigenvalue weighted by Crippen LogP contribution is -2.50. The van der Waals surface area contributed by atoms with Crippen LogP contribution >= 0.6 is 0 Å². The van der Waals surface area contributed by atoms with Crippen LogP contribution < -0.4 is 5.32 Å². The molecule has 178 valence electrons. The molecule has 0 aromatic heterocycles. The number of ether oxygens (including phenoxy) is 1. The predicted octanol–water partition coefficient (Wildman–Crippen LogP) is 4.90. The summed E-state index contributed by atoms with van der Waals surface area (Å²) >= 11 is 0. The van der Waals surface area contributed by atoms with E-state index in [1.54, 1.807) is 4.90 Å². The monoisotopic (exact) mass is 459 g/mol. The minimum absolute atomic E-state index is 0.0659. The molecular weight excluding hydrogens is 426 g/mol. The van der Waals surface area contributed by atoms with E-state index in [1.165, 1.54) is 36.1 Å². The molecule has 2 aliphatic carbocycles. The Kier molecular flexibility index (Phi) is 5.47. The number of hydrogen-bond donors (Lipinski definition) is 1. The molecule has 2 saturated carbocycles. The summed E-state index contributed by atoms with van der Waals surface area (Å²) in [7, 11) is 0. The smallest absolute Gasteiger partial charge is 0.409 e. The standard InChI is InChI=1S/C28H33N3O3/c1-2-34-28(33)31-14-12-30(13-15-31)27(32)21-10-11-23-22(17-21)24-19-8-9-20(16-19)25(24)26(29-23)18-6-4-3-5-7-18/h3-7,10-11,17,19-20,24-26,29H,2,8-9,12-16H2,1H3/t19-,20-,24-,25-,26-/m0/s1. The minimum Gasteiger partial charge on any atom is -0.450 e. The third kappa shape index (κ3) is 3.55. The summed E-state index contributed by atoms with van der Waals surface area (Å²) < 4.78 is 5.11. The van der Waals surface area contributed by atoms with Crippen LogP contribution in [0.2, 0.25) is 0 Å². The highest BCUT2D eigenvalue weighted by Gasteiger charge is 2.53. The van der Waals surface area contributed by atoms with Gasteiger partial charge in [0.15, 0.2) is 0 Å². The fraction of sp³-hybridized carbons (Fsp3) is 0.500. The molecule has 34 heavy (non-hydrogen) atoms. The van der Waals surface area contributed by atoms with Crippen LogP contribution in [0.15, 0.2) is 48.5 Å². The summed E-state index contributed by atoms with van der Waals surface area (Å²) in [4.78, 5) is 29.0. The van der Waals surface area contributed by atoms with Gasteiger partial charge in [-0.3, -0.25) is 4.79 Å². The second-order valence-corrected chi connectivity index (χ2v) is 10.2. The van der Waals surface area contributed by atoms with Crippen molar-refractivity contribution in [3.8, 4) is 0 Å². The average molecular weight is 460 g/mol. The number of carbonyl (C=O) groups excluding carboxylic acids is 2. The molecule has 2 aromatic carbocycles. The highest BCUT2D eigenvalue weighted by atomic mass is 16.6. The van der Waals surface area contributed by atoms with Gasteiger partial charge in [0, 0.05) is 37.4 Å². The Labute approximate surface area is 201 Å².